The number of amides is 2. The van der Waals surface area contributed by atoms with Gasteiger partial charge < -0.3 is 4.57 Å². The van der Waals surface area contributed by atoms with Crippen LogP contribution in [0.2, 0.25) is 5.02 Å². The number of nitrogens with zero attached hydrogens (tertiary/aromatic N) is 2. The lowest BCUT2D eigenvalue weighted by Crippen LogP contribution is -2.42. The fourth-order valence-corrected chi connectivity index (χ4v) is 3.64. The van der Waals surface area contributed by atoms with E-state index in [-0.39, 0.29) is 11.3 Å². The van der Waals surface area contributed by atoms with E-state index < -0.39 is 17.6 Å². The van der Waals surface area contributed by atoms with Crippen molar-refractivity contribution in [2.45, 2.75) is 25.0 Å². The van der Waals surface area contributed by atoms with Gasteiger partial charge in [0.05, 0.1) is 22.3 Å². The molecule has 6 nitrogen and oxygen atoms in total. The third-order valence-electron chi connectivity index (χ3n) is 3.89. The van der Waals surface area contributed by atoms with Crippen LogP contribution < -0.4 is 10.9 Å². The summed E-state index contributed by atoms with van der Waals surface area (Å²) in [5.41, 5.74) is 6.07. The molecule has 2 aromatic carbocycles. The van der Waals surface area contributed by atoms with Crippen molar-refractivity contribution in [3.05, 3.63) is 58.9 Å². The van der Waals surface area contributed by atoms with Crippen molar-refractivity contribution >= 4 is 46.2 Å². The van der Waals surface area contributed by atoms with Gasteiger partial charge in [-0.25, -0.2) is 9.37 Å². The van der Waals surface area contributed by atoms with E-state index in [4.69, 9.17) is 11.6 Å². The Morgan fingerprint density at radius 1 is 1.21 bits per heavy atom. The molecule has 1 heterocycles. The fraction of sp³-hybridized carbons (Fsp3) is 0.211. The van der Waals surface area contributed by atoms with E-state index in [1.54, 1.807) is 18.2 Å². The van der Waals surface area contributed by atoms with Gasteiger partial charge in [0.25, 0.3) is 5.91 Å². The molecule has 0 atom stereocenters. The first-order valence-corrected chi connectivity index (χ1v) is 9.98. The molecule has 0 aliphatic heterocycles. The second-order valence-electron chi connectivity index (χ2n) is 5.95. The van der Waals surface area contributed by atoms with Crippen molar-refractivity contribution in [1.82, 2.24) is 20.4 Å². The van der Waals surface area contributed by atoms with Gasteiger partial charge in [-0.05, 0) is 36.8 Å². The Labute approximate surface area is 170 Å². The number of carbonyl (C=O) groups is 2. The van der Waals surface area contributed by atoms with Gasteiger partial charge in [-0.3, -0.25) is 20.4 Å². The third-order valence-corrected chi connectivity index (χ3v) is 5.10. The molecule has 0 aliphatic rings. The average molecular weight is 421 g/mol. The van der Waals surface area contributed by atoms with Crippen molar-refractivity contribution in [1.29, 1.82) is 0 Å². The highest BCUT2D eigenvalue weighted by molar-refractivity contribution is 7.99. The molecule has 28 heavy (non-hydrogen) atoms. The molecule has 3 aromatic rings. The Bertz CT molecular complexity index is 1020. The van der Waals surface area contributed by atoms with Gasteiger partial charge in [0, 0.05) is 11.6 Å². The molecule has 9 heteroatoms. The molecule has 2 N–H and O–H groups in total. The first-order valence-electron chi connectivity index (χ1n) is 8.62. The van der Waals surface area contributed by atoms with Crippen LogP contribution in [0.3, 0.4) is 0 Å². The van der Waals surface area contributed by atoms with Crippen LogP contribution in [0.1, 0.15) is 23.7 Å². The summed E-state index contributed by atoms with van der Waals surface area (Å²) in [5.74, 6) is -1.76. The van der Waals surface area contributed by atoms with E-state index in [2.05, 4.69) is 22.8 Å². The van der Waals surface area contributed by atoms with Crippen LogP contribution >= 0.6 is 23.4 Å². The number of hydrogen-bond acceptors (Lipinski definition) is 4. The van der Waals surface area contributed by atoms with Gasteiger partial charge in [0.1, 0.15) is 5.82 Å². The third kappa shape index (κ3) is 4.63. The molecule has 146 valence electrons. The Hall–Kier alpha value is -2.58. The van der Waals surface area contributed by atoms with Crippen molar-refractivity contribution in [2.24, 2.45) is 0 Å². The Morgan fingerprint density at radius 3 is 2.75 bits per heavy atom. The lowest BCUT2D eigenvalue weighted by atomic mass is 10.2. The number of carbonyl (C=O) groups excluding carboxylic acids is 2. The minimum absolute atomic E-state index is 0.0400. The minimum atomic E-state index is -0.718. The molecular weight excluding hydrogens is 403 g/mol. The van der Waals surface area contributed by atoms with Crippen LogP contribution in [0.4, 0.5) is 4.39 Å². The van der Waals surface area contributed by atoms with Gasteiger partial charge in [-0.2, -0.15) is 0 Å². The van der Waals surface area contributed by atoms with Crippen LogP contribution in [-0.4, -0.2) is 27.1 Å². The minimum Gasteiger partial charge on any atom is -0.319 e. The number of hydrazine groups is 1. The number of thioether (sulfide) groups is 1. The highest BCUT2D eigenvalue weighted by Crippen LogP contribution is 2.26. The molecular formula is C19H18ClFN4O2S. The highest BCUT2D eigenvalue weighted by Gasteiger charge is 2.15. The van der Waals surface area contributed by atoms with E-state index in [1.807, 2.05) is 10.6 Å². The largest absolute Gasteiger partial charge is 0.319 e. The van der Waals surface area contributed by atoms with Crippen molar-refractivity contribution in [3.63, 3.8) is 0 Å². The van der Waals surface area contributed by atoms with E-state index in [1.165, 1.54) is 30.0 Å². The lowest BCUT2D eigenvalue weighted by Gasteiger charge is -2.09. The van der Waals surface area contributed by atoms with Gasteiger partial charge >= 0.3 is 0 Å². The Morgan fingerprint density at radius 2 is 2.00 bits per heavy atom. The van der Waals surface area contributed by atoms with Crippen LogP contribution in [-0.2, 0) is 11.3 Å². The lowest BCUT2D eigenvalue weighted by molar-refractivity contribution is -0.119. The predicted molar refractivity (Wildman–Crippen MR) is 108 cm³/mol. The first-order chi connectivity index (χ1) is 13.5. The summed E-state index contributed by atoms with van der Waals surface area (Å²) in [6.07, 6.45) is 0.909. The molecule has 0 aliphatic carbocycles. The standard InChI is InChI=1S/C19H18ClFN4O2S/c1-2-9-25-16-8-7-12(20)10-15(16)22-19(25)28-11-17(26)23-24-18(27)13-5-3-4-6-14(13)21/h3-8,10H,2,9,11H2,1H3,(H,23,26)(H,24,27). The maximum Gasteiger partial charge on any atom is 0.272 e. The zero-order valence-corrected chi connectivity index (χ0v) is 16.6. The predicted octanol–water partition coefficient (Wildman–Crippen LogP) is 3.79. The van der Waals surface area contributed by atoms with Crippen molar-refractivity contribution in [3.8, 4) is 0 Å². The summed E-state index contributed by atoms with van der Waals surface area (Å²) in [6.45, 7) is 2.81. The van der Waals surface area contributed by atoms with Gasteiger partial charge in [-0.15, -0.1) is 0 Å². The Balaban J connectivity index is 1.62. The number of rotatable bonds is 6. The SMILES string of the molecule is CCCn1c(SCC(=O)NNC(=O)c2ccccc2F)nc2cc(Cl)ccc21. The van der Waals surface area contributed by atoms with E-state index in [0.29, 0.717) is 10.2 Å². The number of imidazole rings is 1. The molecule has 0 spiro atoms. The van der Waals surface area contributed by atoms with Crippen LogP contribution in [0, 0.1) is 5.82 Å². The average Bonchev–Trinajstić information content (AvgIpc) is 3.01. The van der Waals surface area contributed by atoms with Crippen LogP contribution in [0.15, 0.2) is 47.6 Å². The van der Waals surface area contributed by atoms with Gasteiger partial charge in [0.2, 0.25) is 5.91 Å². The van der Waals surface area contributed by atoms with Crippen molar-refractivity contribution in [2.75, 3.05) is 5.75 Å². The summed E-state index contributed by atoms with van der Waals surface area (Å²) in [6, 6.07) is 11.0. The number of halogens is 2. The maximum atomic E-state index is 13.6. The summed E-state index contributed by atoms with van der Waals surface area (Å²) in [7, 11) is 0. The van der Waals surface area contributed by atoms with Crippen LogP contribution in [0.5, 0.6) is 0 Å². The molecule has 0 saturated carbocycles. The monoisotopic (exact) mass is 420 g/mol. The van der Waals surface area contributed by atoms with Crippen molar-refractivity contribution < 1.29 is 14.0 Å². The van der Waals surface area contributed by atoms with Gasteiger partial charge in [-0.1, -0.05) is 42.4 Å². The van der Waals surface area contributed by atoms with E-state index in [9.17, 15) is 14.0 Å². The molecule has 0 fully saturated rings. The maximum absolute atomic E-state index is 13.6. The second kappa shape index (κ2) is 9.07. The van der Waals surface area contributed by atoms with E-state index in [0.717, 1.165) is 24.0 Å². The number of benzene rings is 2. The normalized spacial score (nSPS) is 10.8. The quantitative estimate of drug-likeness (QED) is 0.470. The smallest absolute Gasteiger partial charge is 0.272 e. The summed E-state index contributed by atoms with van der Waals surface area (Å²) < 4.78 is 15.6. The number of nitrogens with one attached hydrogen (secondary N) is 2. The van der Waals surface area contributed by atoms with E-state index >= 15 is 0 Å². The molecule has 0 unspecified atom stereocenters. The zero-order valence-electron chi connectivity index (χ0n) is 15.0. The summed E-state index contributed by atoms with van der Waals surface area (Å²) >= 11 is 7.28. The fourth-order valence-electron chi connectivity index (χ4n) is 2.64. The molecule has 1 aromatic heterocycles. The highest BCUT2D eigenvalue weighted by atomic mass is 35.5. The molecule has 0 radical (unpaired) electrons. The number of fused-ring (bicyclic) bond motifs is 1. The Kier molecular flexibility index (Phi) is 6.53. The van der Waals surface area contributed by atoms with Gasteiger partial charge in [0.15, 0.2) is 5.16 Å². The second-order valence-corrected chi connectivity index (χ2v) is 7.33. The summed E-state index contributed by atoms with van der Waals surface area (Å²) in [5, 5.41) is 1.29. The summed E-state index contributed by atoms with van der Waals surface area (Å²) in [4.78, 5) is 28.6. The molecule has 0 saturated heterocycles. The number of aryl methyl sites for hydroxylation is 1. The number of hydrogen-bond donors (Lipinski definition) is 2. The molecule has 3 rings (SSSR count). The molecule has 0 bridgehead atoms. The zero-order chi connectivity index (χ0) is 20.1. The van der Waals surface area contributed by atoms with Crippen LogP contribution in [0.25, 0.3) is 11.0 Å². The number of aromatic nitrogens is 2. The molecule has 2 amide bonds. The first kappa shape index (κ1) is 20.2. The topological polar surface area (TPSA) is 76.0 Å².